The summed E-state index contributed by atoms with van der Waals surface area (Å²) in [6.45, 7) is 2.92. The number of hydrogen-bond acceptors (Lipinski definition) is 8. The lowest BCUT2D eigenvalue weighted by Gasteiger charge is -2.17. The summed E-state index contributed by atoms with van der Waals surface area (Å²) in [5.74, 6) is 0. The third-order valence-corrected chi connectivity index (χ3v) is 6.96. The molecule has 10 heteroatoms. The van der Waals surface area contributed by atoms with Gasteiger partial charge in [-0.05, 0) is 38.1 Å². The van der Waals surface area contributed by atoms with E-state index >= 15 is 0 Å². The van der Waals surface area contributed by atoms with E-state index in [-0.39, 0.29) is 29.8 Å². The number of ether oxygens (including phenoxy) is 2. The van der Waals surface area contributed by atoms with E-state index in [9.17, 15) is 16.8 Å². The lowest BCUT2D eigenvalue weighted by Crippen LogP contribution is -2.33. The quantitative estimate of drug-likeness (QED) is 0.573. The maximum atomic E-state index is 12.3. The standard InChI is InChI=1S/C19H22O8S2/c1-14-3-7-16(8-4-14)28(20,21)26-11-18-19(25-13-24-18)12-27-29(22,23)17-9-5-15(2)6-10-17/h3-10,18-19H,11-13H2,1-2H3/t18-,19-/m1/s1. The fourth-order valence-electron chi connectivity index (χ4n) is 2.60. The molecule has 0 spiro atoms. The van der Waals surface area contributed by atoms with Crippen LogP contribution >= 0.6 is 0 Å². The molecule has 2 atom stereocenters. The summed E-state index contributed by atoms with van der Waals surface area (Å²) < 4.78 is 69.9. The molecule has 3 rings (SSSR count). The van der Waals surface area contributed by atoms with Crippen molar-refractivity contribution in [1.82, 2.24) is 0 Å². The van der Waals surface area contributed by atoms with Gasteiger partial charge in [0.2, 0.25) is 0 Å². The highest BCUT2D eigenvalue weighted by molar-refractivity contribution is 7.87. The predicted octanol–water partition coefficient (Wildman–Crippen LogP) is 2.16. The van der Waals surface area contributed by atoms with E-state index in [1.165, 1.54) is 24.3 Å². The predicted molar refractivity (Wildman–Crippen MR) is 103 cm³/mol. The SMILES string of the molecule is Cc1ccc(S(=O)(=O)OC[C@H]2OCO[C@@H]2COS(=O)(=O)c2ccc(C)cc2)cc1. The number of rotatable bonds is 8. The summed E-state index contributed by atoms with van der Waals surface area (Å²) in [7, 11) is -7.95. The van der Waals surface area contributed by atoms with Gasteiger partial charge < -0.3 is 9.47 Å². The Labute approximate surface area is 170 Å². The van der Waals surface area contributed by atoms with Gasteiger partial charge in [-0.1, -0.05) is 35.4 Å². The summed E-state index contributed by atoms with van der Waals surface area (Å²) in [5, 5.41) is 0. The van der Waals surface area contributed by atoms with Crippen molar-refractivity contribution < 1.29 is 34.7 Å². The highest BCUT2D eigenvalue weighted by Crippen LogP contribution is 2.20. The zero-order valence-electron chi connectivity index (χ0n) is 16.0. The highest BCUT2D eigenvalue weighted by Gasteiger charge is 2.33. The average molecular weight is 443 g/mol. The van der Waals surface area contributed by atoms with Crippen molar-refractivity contribution in [3.05, 3.63) is 59.7 Å². The zero-order valence-corrected chi connectivity index (χ0v) is 17.6. The molecule has 0 radical (unpaired) electrons. The Morgan fingerprint density at radius 3 is 1.41 bits per heavy atom. The summed E-state index contributed by atoms with van der Waals surface area (Å²) in [5.41, 5.74) is 1.84. The molecule has 1 heterocycles. The number of aryl methyl sites for hydroxylation is 2. The maximum absolute atomic E-state index is 12.3. The summed E-state index contributed by atoms with van der Waals surface area (Å²) in [6, 6.07) is 12.5. The van der Waals surface area contributed by atoms with E-state index in [0.29, 0.717) is 0 Å². The minimum Gasteiger partial charge on any atom is -0.347 e. The largest absolute Gasteiger partial charge is 0.347 e. The Hall–Kier alpha value is -1.82. The molecule has 0 bridgehead atoms. The van der Waals surface area contributed by atoms with E-state index in [0.717, 1.165) is 11.1 Å². The third kappa shape index (κ3) is 5.62. The Bertz CT molecular complexity index is 943. The van der Waals surface area contributed by atoms with Crippen LogP contribution < -0.4 is 0 Å². The summed E-state index contributed by atoms with van der Waals surface area (Å²) >= 11 is 0. The van der Waals surface area contributed by atoms with Crippen LogP contribution in [-0.2, 0) is 38.1 Å². The van der Waals surface area contributed by atoms with Crippen molar-refractivity contribution in [2.24, 2.45) is 0 Å². The van der Waals surface area contributed by atoms with Crippen molar-refractivity contribution in [3.8, 4) is 0 Å². The Balaban J connectivity index is 1.58. The van der Waals surface area contributed by atoms with E-state index in [4.69, 9.17) is 17.8 Å². The first-order chi connectivity index (χ1) is 13.7. The zero-order chi connectivity index (χ0) is 21.1. The van der Waals surface area contributed by atoms with Crippen LogP contribution in [-0.4, -0.2) is 49.1 Å². The van der Waals surface area contributed by atoms with Crippen LogP contribution in [0.5, 0.6) is 0 Å². The monoisotopic (exact) mass is 442 g/mol. The first-order valence-electron chi connectivity index (χ1n) is 8.83. The van der Waals surface area contributed by atoms with Crippen molar-refractivity contribution >= 4 is 20.2 Å². The maximum Gasteiger partial charge on any atom is 0.297 e. The van der Waals surface area contributed by atoms with E-state index in [1.54, 1.807) is 24.3 Å². The first kappa shape index (κ1) is 21.9. The lowest BCUT2D eigenvalue weighted by molar-refractivity contribution is 0.0269. The Kier molecular flexibility index (Phi) is 6.72. The molecule has 0 aliphatic carbocycles. The molecule has 29 heavy (non-hydrogen) atoms. The molecule has 1 fully saturated rings. The van der Waals surface area contributed by atoms with Crippen molar-refractivity contribution in [2.75, 3.05) is 20.0 Å². The lowest BCUT2D eigenvalue weighted by atomic mass is 10.2. The third-order valence-electron chi connectivity index (χ3n) is 4.37. The van der Waals surface area contributed by atoms with Crippen LogP contribution in [0.3, 0.4) is 0 Å². The molecule has 158 valence electrons. The normalized spacial score (nSPS) is 20.1. The molecular formula is C19H22O8S2. The fraction of sp³-hybridized carbons (Fsp3) is 0.368. The molecule has 2 aromatic rings. The molecular weight excluding hydrogens is 420 g/mol. The van der Waals surface area contributed by atoms with Gasteiger partial charge in [0, 0.05) is 0 Å². The molecule has 2 aromatic carbocycles. The molecule has 0 N–H and O–H groups in total. The second kappa shape index (κ2) is 8.90. The topological polar surface area (TPSA) is 105 Å². The molecule has 0 saturated carbocycles. The van der Waals surface area contributed by atoms with Gasteiger partial charge in [0.25, 0.3) is 20.2 Å². The smallest absolute Gasteiger partial charge is 0.297 e. The fourth-order valence-corrected chi connectivity index (χ4v) is 4.44. The van der Waals surface area contributed by atoms with E-state index < -0.39 is 32.4 Å². The van der Waals surface area contributed by atoms with Gasteiger partial charge in [-0.15, -0.1) is 0 Å². The minimum absolute atomic E-state index is 0.0248. The second-order valence-electron chi connectivity index (χ2n) is 6.63. The summed E-state index contributed by atoms with van der Waals surface area (Å²) in [6.07, 6.45) is -1.58. The van der Waals surface area contributed by atoms with Crippen LogP contribution in [0.4, 0.5) is 0 Å². The highest BCUT2D eigenvalue weighted by atomic mass is 32.2. The first-order valence-corrected chi connectivity index (χ1v) is 11.6. The van der Waals surface area contributed by atoms with Gasteiger partial charge in [0.15, 0.2) is 0 Å². The molecule has 0 aromatic heterocycles. The van der Waals surface area contributed by atoms with Crippen LogP contribution in [0, 0.1) is 13.8 Å². The molecule has 1 aliphatic heterocycles. The Morgan fingerprint density at radius 2 is 1.07 bits per heavy atom. The van der Waals surface area contributed by atoms with Crippen LogP contribution in [0.1, 0.15) is 11.1 Å². The number of benzene rings is 2. The van der Waals surface area contributed by atoms with Crippen molar-refractivity contribution in [1.29, 1.82) is 0 Å². The van der Waals surface area contributed by atoms with E-state index in [2.05, 4.69) is 0 Å². The van der Waals surface area contributed by atoms with Gasteiger partial charge in [-0.25, -0.2) is 0 Å². The van der Waals surface area contributed by atoms with Crippen molar-refractivity contribution in [3.63, 3.8) is 0 Å². The summed E-state index contributed by atoms with van der Waals surface area (Å²) in [4.78, 5) is 0.0496. The molecule has 0 amide bonds. The molecule has 1 saturated heterocycles. The average Bonchev–Trinajstić information content (AvgIpc) is 3.13. The van der Waals surface area contributed by atoms with Gasteiger partial charge >= 0.3 is 0 Å². The van der Waals surface area contributed by atoms with Gasteiger partial charge in [-0.3, -0.25) is 8.37 Å². The van der Waals surface area contributed by atoms with Crippen LogP contribution in [0.15, 0.2) is 58.3 Å². The van der Waals surface area contributed by atoms with Gasteiger partial charge in [0.1, 0.15) is 19.0 Å². The van der Waals surface area contributed by atoms with Gasteiger partial charge in [-0.2, -0.15) is 16.8 Å². The molecule has 0 unspecified atom stereocenters. The number of hydrogen-bond donors (Lipinski definition) is 0. The minimum atomic E-state index is -3.97. The second-order valence-corrected chi connectivity index (χ2v) is 9.86. The van der Waals surface area contributed by atoms with Crippen LogP contribution in [0.2, 0.25) is 0 Å². The van der Waals surface area contributed by atoms with Gasteiger partial charge in [0.05, 0.1) is 23.0 Å². The van der Waals surface area contributed by atoms with Crippen LogP contribution in [0.25, 0.3) is 0 Å². The molecule has 8 nitrogen and oxygen atoms in total. The Morgan fingerprint density at radius 1 is 0.724 bits per heavy atom. The van der Waals surface area contributed by atoms with Crippen molar-refractivity contribution in [2.45, 2.75) is 35.8 Å². The molecule has 1 aliphatic rings. The van der Waals surface area contributed by atoms with E-state index in [1.807, 2.05) is 13.8 Å².